The number of carbonyl (C=O) groups excluding carboxylic acids is 1. The average Bonchev–Trinajstić information content (AvgIpc) is 2.42. The smallest absolute Gasteiger partial charge is 0.251 e. The molecule has 1 aliphatic rings. The van der Waals surface area contributed by atoms with Gasteiger partial charge < -0.3 is 21.5 Å². The van der Waals surface area contributed by atoms with Gasteiger partial charge in [-0.05, 0) is 31.0 Å². The first-order valence-corrected chi connectivity index (χ1v) is 6.68. The molecule has 0 saturated heterocycles. The van der Waals surface area contributed by atoms with Crippen LogP contribution in [0.3, 0.4) is 0 Å². The van der Waals surface area contributed by atoms with Crippen LogP contribution in [0.15, 0.2) is 18.2 Å². The second-order valence-electron chi connectivity index (χ2n) is 4.98. The summed E-state index contributed by atoms with van der Waals surface area (Å²) in [5, 5.41) is 15.8. The Hall–Kier alpha value is -1.75. The molecule has 0 spiro atoms. The predicted molar refractivity (Wildman–Crippen MR) is 76.1 cm³/mol. The Balaban J connectivity index is 2.16. The third-order valence-electron chi connectivity index (χ3n) is 3.61. The summed E-state index contributed by atoms with van der Waals surface area (Å²) in [7, 11) is 1.59. The maximum atomic E-state index is 11.6. The van der Waals surface area contributed by atoms with Crippen LogP contribution in [0.4, 0.5) is 11.4 Å². The molecule has 2 unspecified atom stereocenters. The second-order valence-corrected chi connectivity index (χ2v) is 4.98. The molecule has 0 bridgehead atoms. The van der Waals surface area contributed by atoms with Crippen molar-refractivity contribution in [3.05, 3.63) is 23.8 Å². The van der Waals surface area contributed by atoms with Crippen LogP contribution in [0.2, 0.25) is 0 Å². The van der Waals surface area contributed by atoms with Gasteiger partial charge in [0.05, 0.1) is 23.5 Å². The highest BCUT2D eigenvalue weighted by molar-refractivity contribution is 5.96. The third-order valence-corrected chi connectivity index (χ3v) is 3.61. The van der Waals surface area contributed by atoms with Crippen LogP contribution in [0.1, 0.15) is 36.0 Å². The van der Waals surface area contributed by atoms with E-state index < -0.39 is 0 Å². The summed E-state index contributed by atoms with van der Waals surface area (Å²) in [5.41, 5.74) is 7.78. The Labute approximate surface area is 113 Å². The van der Waals surface area contributed by atoms with E-state index in [1.165, 1.54) is 0 Å². The Bertz CT molecular complexity index is 462. The Morgan fingerprint density at radius 1 is 1.37 bits per heavy atom. The number of carbonyl (C=O) groups is 1. The number of rotatable bonds is 3. The normalized spacial score (nSPS) is 22.8. The largest absolute Gasteiger partial charge is 0.397 e. The van der Waals surface area contributed by atoms with Gasteiger partial charge >= 0.3 is 0 Å². The third kappa shape index (κ3) is 3.17. The Kier molecular flexibility index (Phi) is 4.27. The van der Waals surface area contributed by atoms with Crippen molar-refractivity contribution in [3.8, 4) is 0 Å². The van der Waals surface area contributed by atoms with Crippen LogP contribution >= 0.6 is 0 Å². The van der Waals surface area contributed by atoms with E-state index in [2.05, 4.69) is 10.6 Å². The molecule has 104 valence electrons. The SMILES string of the molecule is CNC(=O)c1ccc(N)c(NC2CCCCC2O)c1. The lowest BCUT2D eigenvalue weighted by atomic mass is 9.92. The standard InChI is InChI=1S/C14H21N3O2/c1-16-14(19)9-6-7-10(15)12(8-9)17-11-4-2-3-5-13(11)18/h6-8,11,13,17-18H,2-5,15H2,1H3,(H,16,19). The van der Waals surface area contributed by atoms with E-state index in [0.717, 1.165) is 25.7 Å². The van der Waals surface area contributed by atoms with Gasteiger partial charge in [-0.15, -0.1) is 0 Å². The molecule has 5 N–H and O–H groups in total. The lowest BCUT2D eigenvalue weighted by molar-refractivity contribution is 0.0963. The van der Waals surface area contributed by atoms with Gasteiger partial charge in [-0.3, -0.25) is 4.79 Å². The molecule has 1 fully saturated rings. The van der Waals surface area contributed by atoms with Crippen LogP contribution in [0.5, 0.6) is 0 Å². The van der Waals surface area contributed by atoms with Gasteiger partial charge in [0.15, 0.2) is 0 Å². The van der Waals surface area contributed by atoms with E-state index in [0.29, 0.717) is 16.9 Å². The van der Waals surface area contributed by atoms with Gasteiger partial charge in [-0.1, -0.05) is 12.8 Å². The van der Waals surface area contributed by atoms with Crippen molar-refractivity contribution in [2.75, 3.05) is 18.1 Å². The molecule has 1 saturated carbocycles. The van der Waals surface area contributed by atoms with Gasteiger partial charge in [-0.25, -0.2) is 0 Å². The van der Waals surface area contributed by atoms with Crippen LogP contribution in [0, 0.1) is 0 Å². The van der Waals surface area contributed by atoms with Gasteiger partial charge in [-0.2, -0.15) is 0 Å². The maximum absolute atomic E-state index is 11.6. The number of hydrogen-bond acceptors (Lipinski definition) is 4. The predicted octanol–water partition coefficient (Wildman–Crippen LogP) is 1.34. The molecule has 19 heavy (non-hydrogen) atoms. The van der Waals surface area contributed by atoms with Crippen LogP contribution in [-0.2, 0) is 0 Å². The molecule has 1 aromatic carbocycles. The highest BCUT2D eigenvalue weighted by Gasteiger charge is 2.23. The van der Waals surface area contributed by atoms with Gasteiger partial charge in [0.25, 0.3) is 5.91 Å². The fraction of sp³-hybridized carbons (Fsp3) is 0.500. The Morgan fingerprint density at radius 2 is 2.11 bits per heavy atom. The molecule has 0 radical (unpaired) electrons. The van der Waals surface area contributed by atoms with Crippen LogP contribution < -0.4 is 16.4 Å². The lowest BCUT2D eigenvalue weighted by Crippen LogP contribution is -2.36. The molecule has 0 heterocycles. The fourth-order valence-electron chi connectivity index (χ4n) is 2.45. The number of nitrogens with two attached hydrogens (primary N) is 1. The lowest BCUT2D eigenvalue weighted by Gasteiger charge is -2.29. The van der Waals surface area contributed by atoms with Crippen molar-refractivity contribution in [2.45, 2.75) is 37.8 Å². The summed E-state index contributed by atoms with van der Waals surface area (Å²) < 4.78 is 0. The van der Waals surface area contributed by atoms with E-state index >= 15 is 0 Å². The minimum absolute atomic E-state index is 0.0102. The minimum atomic E-state index is -0.350. The molecule has 2 rings (SSSR count). The molecular weight excluding hydrogens is 242 g/mol. The van der Waals surface area contributed by atoms with Gasteiger partial charge in [0.2, 0.25) is 0 Å². The fourth-order valence-corrected chi connectivity index (χ4v) is 2.45. The van der Waals surface area contributed by atoms with Crippen molar-refractivity contribution in [2.24, 2.45) is 0 Å². The van der Waals surface area contributed by atoms with E-state index in [-0.39, 0.29) is 18.1 Å². The number of benzene rings is 1. The van der Waals surface area contributed by atoms with Gasteiger partial charge in [0, 0.05) is 12.6 Å². The number of anilines is 2. The summed E-state index contributed by atoms with van der Waals surface area (Å²) in [6.07, 6.45) is 3.55. The first-order chi connectivity index (χ1) is 9.11. The molecule has 1 aliphatic carbocycles. The summed E-state index contributed by atoms with van der Waals surface area (Å²) in [6.45, 7) is 0. The van der Waals surface area contributed by atoms with E-state index in [1.807, 2.05) is 0 Å². The van der Waals surface area contributed by atoms with Crippen molar-refractivity contribution >= 4 is 17.3 Å². The summed E-state index contributed by atoms with van der Waals surface area (Å²) in [4.78, 5) is 11.6. The van der Waals surface area contributed by atoms with Crippen molar-refractivity contribution in [1.29, 1.82) is 0 Å². The molecule has 1 amide bonds. The number of aliphatic hydroxyl groups excluding tert-OH is 1. The molecular formula is C14H21N3O2. The number of aliphatic hydroxyl groups is 1. The first kappa shape index (κ1) is 13.7. The first-order valence-electron chi connectivity index (χ1n) is 6.68. The highest BCUT2D eigenvalue weighted by Crippen LogP contribution is 2.26. The molecule has 0 aromatic heterocycles. The molecule has 1 aromatic rings. The minimum Gasteiger partial charge on any atom is -0.397 e. The van der Waals surface area contributed by atoms with Crippen LogP contribution in [-0.4, -0.2) is 30.2 Å². The van der Waals surface area contributed by atoms with E-state index in [4.69, 9.17) is 5.73 Å². The summed E-state index contributed by atoms with van der Waals surface area (Å²) >= 11 is 0. The topological polar surface area (TPSA) is 87.4 Å². The highest BCUT2D eigenvalue weighted by atomic mass is 16.3. The van der Waals surface area contributed by atoms with Crippen molar-refractivity contribution in [3.63, 3.8) is 0 Å². The van der Waals surface area contributed by atoms with Gasteiger partial charge in [0.1, 0.15) is 0 Å². The molecule has 5 heteroatoms. The monoisotopic (exact) mass is 263 g/mol. The van der Waals surface area contributed by atoms with E-state index in [1.54, 1.807) is 25.2 Å². The molecule has 0 aliphatic heterocycles. The number of nitrogens with one attached hydrogen (secondary N) is 2. The zero-order chi connectivity index (χ0) is 13.8. The van der Waals surface area contributed by atoms with Crippen LogP contribution in [0.25, 0.3) is 0 Å². The zero-order valence-corrected chi connectivity index (χ0v) is 11.1. The number of hydrogen-bond donors (Lipinski definition) is 4. The summed E-state index contributed by atoms with van der Waals surface area (Å²) in [5.74, 6) is -0.146. The van der Waals surface area contributed by atoms with E-state index in [9.17, 15) is 9.90 Å². The number of nitrogen functional groups attached to an aromatic ring is 1. The molecule has 2 atom stereocenters. The summed E-state index contributed by atoms with van der Waals surface area (Å²) in [6, 6.07) is 5.14. The Morgan fingerprint density at radius 3 is 2.79 bits per heavy atom. The number of amides is 1. The maximum Gasteiger partial charge on any atom is 0.251 e. The quantitative estimate of drug-likeness (QED) is 0.620. The van der Waals surface area contributed by atoms with Crippen molar-refractivity contribution in [1.82, 2.24) is 5.32 Å². The zero-order valence-electron chi connectivity index (χ0n) is 11.1. The second kappa shape index (κ2) is 5.93. The van der Waals surface area contributed by atoms with Crippen molar-refractivity contribution < 1.29 is 9.90 Å². The molecule has 5 nitrogen and oxygen atoms in total. The average molecular weight is 263 g/mol.